The Morgan fingerprint density at radius 3 is 2.42 bits per heavy atom. The molecule has 0 spiro atoms. The third kappa shape index (κ3) is 1.39. The number of carboxylic acids is 1. The molecule has 0 bridgehead atoms. The van der Waals surface area contributed by atoms with E-state index in [2.05, 4.69) is 5.32 Å². The van der Waals surface area contributed by atoms with Crippen molar-refractivity contribution in [2.75, 3.05) is 0 Å². The van der Waals surface area contributed by atoms with Gasteiger partial charge in [-0.3, -0.25) is 0 Å². The van der Waals surface area contributed by atoms with Crippen molar-refractivity contribution < 1.29 is 20.1 Å². The molecule has 4 N–H and O–H groups in total. The van der Waals surface area contributed by atoms with Gasteiger partial charge < -0.3 is 20.6 Å². The summed E-state index contributed by atoms with van der Waals surface area (Å²) in [5.41, 5.74) is -0.293. The fourth-order valence-corrected chi connectivity index (χ4v) is 0.802. The minimum Gasteiger partial charge on any atom is -0.481 e. The highest BCUT2D eigenvalue weighted by Crippen LogP contribution is 2.15. The number of aliphatic hydroxyl groups is 2. The zero-order valence-electron chi connectivity index (χ0n) is 5.98. The highest BCUT2D eigenvalue weighted by molar-refractivity contribution is 5.93. The Hall–Kier alpha value is -1.91. The molecule has 1 heterocycles. The van der Waals surface area contributed by atoms with E-state index in [1.54, 1.807) is 0 Å². The van der Waals surface area contributed by atoms with Crippen LogP contribution in [0.3, 0.4) is 0 Å². The van der Waals surface area contributed by atoms with Gasteiger partial charge in [-0.25, -0.2) is 4.79 Å². The molecule has 0 saturated heterocycles. The summed E-state index contributed by atoms with van der Waals surface area (Å²) in [6, 6.07) is 0. The first-order chi connectivity index (χ1) is 5.63. The second-order valence-corrected chi connectivity index (χ2v) is 2.10. The third-order valence-electron chi connectivity index (χ3n) is 1.34. The topological polar surface area (TPSA) is 89.8 Å². The number of nitrogens with one attached hydrogen (secondary N) is 1. The van der Waals surface area contributed by atoms with Gasteiger partial charge in [-0.05, 0) is 6.08 Å². The number of aliphatic carboxylic acids is 1. The summed E-state index contributed by atoms with van der Waals surface area (Å²) >= 11 is 0. The van der Waals surface area contributed by atoms with E-state index in [0.29, 0.717) is 0 Å². The monoisotopic (exact) mass is 169 g/mol. The molecule has 0 atom stereocenters. The van der Waals surface area contributed by atoms with Crippen molar-refractivity contribution in [2.24, 2.45) is 0 Å². The zero-order valence-corrected chi connectivity index (χ0v) is 5.98. The van der Waals surface area contributed by atoms with E-state index in [9.17, 15) is 4.79 Å². The van der Waals surface area contributed by atoms with Crippen LogP contribution in [0.1, 0.15) is 0 Å². The van der Waals surface area contributed by atoms with Crippen molar-refractivity contribution in [3.63, 3.8) is 0 Å². The molecular formula is C7H7NO4. The predicted molar refractivity (Wildman–Crippen MR) is 40.3 cm³/mol. The number of allylic oxidation sites excluding steroid dienone is 1. The Kier molecular flexibility index (Phi) is 2.05. The van der Waals surface area contributed by atoms with Gasteiger partial charge in [-0.15, -0.1) is 0 Å². The van der Waals surface area contributed by atoms with E-state index in [0.717, 1.165) is 0 Å². The summed E-state index contributed by atoms with van der Waals surface area (Å²) in [5, 5.41) is 28.4. The zero-order chi connectivity index (χ0) is 9.14. The van der Waals surface area contributed by atoms with Crippen LogP contribution < -0.4 is 5.32 Å². The molecular weight excluding hydrogens is 162 g/mol. The minimum atomic E-state index is -1.22. The van der Waals surface area contributed by atoms with Crippen LogP contribution in [0.5, 0.6) is 0 Å². The summed E-state index contributed by atoms with van der Waals surface area (Å²) < 4.78 is 0. The Morgan fingerprint density at radius 2 is 2.00 bits per heavy atom. The van der Waals surface area contributed by atoms with Crippen molar-refractivity contribution in [1.29, 1.82) is 0 Å². The Bertz CT molecular complexity index is 297. The van der Waals surface area contributed by atoms with Crippen LogP contribution in [0.2, 0.25) is 0 Å². The first kappa shape index (κ1) is 8.19. The molecule has 0 unspecified atom stereocenters. The molecule has 1 rings (SSSR count). The first-order valence-corrected chi connectivity index (χ1v) is 3.11. The van der Waals surface area contributed by atoms with Gasteiger partial charge in [0.2, 0.25) is 0 Å². The van der Waals surface area contributed by atoms with E-state index in [1.165, 1.54) is 18.5 Å². The quantitative estimate of drug-likeness (QED) is 0.426. The van der Waals surface area contributed by atoms with E-state index in [4.69, 9.17) is 15.3 Å². The second kappa shape index (κ2) is 3.00. The highest BCUT2D eigenvalue weighted by Gasteiger charge is 2.17. The number of hydrogen-bond acceptors (Lipinski definition) is 4. The third-order valence-corrected chi connectivity index (χ3v) is 1.34. The summed E-state index contributed by atoms with van der Waals surface area (Å²) in [7, 11) is 0. The number of carbonyl (C=O) groups is 1. The molecule has 5 nitrogen and oxygen atoms in total. The highest BCUT2D eigenvalue weighted by atomic mass is 16.5. The molecule has 5 heteroatoms. The maximum Gasteiger partial charge on any atom is 0.338 e. The molecule has 0 aromatic rings. The lowest BCUT2D eigenvalue weighted by atomic mass is 10.1. The van der Waals surface area contributed by atoms with Gasteiger partial charge in [0, 0.05) is 12.4 Å². The standard InChI is InChI=1S/C7H7NO4/c9-6(10)4-1-2-8-3-5(4)7(11)12/h1-3,8-10H,(H,11,12). The lowest BCUT2D eigenvalue weighted by Crippen LogP contribution is -2.12. The van der Waals surface area contributed by atoms with Crippen molar-refractivity contribution in [3.8, 4) is 0 Å². The lowest BCUT2D eigenvalue weighted by Gasteiger charge is -2.07. The van der Waals surface area contributed by atoms with E-state index >= 15 is 0 Å². The molecule has 12 heavy (non-hydrogen) atoms. The van der Waals surface area contributed by atoms with Crippen LogP contribution in [0, 0.1) is 0 Å². The molecule has 0 amide bonds. The molecule has 0 aromatic heterocycles. The predicted octanol–water partition coefficient (Wildman–Crippen LogP) is 0.399. The Morgan fingerprint density at radius 1 is 1.33 bits per heavy atom. The number of carboxylic acid groups (broad SMARTS) is 1. The van der Waals surface area contributed by atoms with E-state index in [-0.39, 0.29) is 11.1 Å². The van der Waals surface area contributed by atoms with Crippen LogP contribution in [0.25, 0.3) is 0 Å². The molecule has 0 aromatic carbocycles. The molecule has 64 valence electrons. The van der Waals surface area contributed by atoms with Crippen LogP contribution >= 0.6 is 0 Å². The average molecular weight is 169 g/mol. The van der Waals surface area contributed by atoms with Crippen molar-refractivity contribution in [2.45, 2.75) is 0 Å². The smallest absolute Gasteiger partial charge is 0.338 e. The first-order valence-electron chi connectivity index (χ1n) is 3.11. The minimum absolute atomic E-state index is 0.110. The molecule has 0 radical (unpaired) electrons. The van der Waals surface area contributed by atoms with Gasteiger partial charge in [0.25, 0.3) is 5.95 Å². The number of dihydropyridines is 1. The largest absolute Gasteiger partial charge is 0.481 e. The second-order valence-electron chi connectivity index (χ2n) is 2.10. The van der Waals surface area contributed by atoms with Crippen LogP contribution in [0.4, 0.5) is 0 Å². The summed E-state index contributed by atoms with van der Waals surface area (Å²) in [6.07, 6.45) is 3.83. The number of aliphatic hydroxyl groups excluding tert-OH is 1. The Balaban J connectivity index is 3.08. The number of hydrogen-bond donors (Lipinski definition) is 4. The number of rotatable bonds is 1. The average Bonchev–Trinajstić information content (AvgIpc) is 2.04. The van der Waals surface area contributed by atoms with Gasteiger partial charge in [0.1, 0.15) is 0 Å². The van der Waals surface area contributed by atoms with Crippen molar-refractivity contribution in [1.82, 2.24) is 5.32 Å². The van der Waals surface area contributed by atoms with Gasteiger partial charge in [0.15, 0.2) is 0 Å². The SMILES string of the molecule is O=C(O)C1=CNC=CC1=C(O)O. The van der Waals surface area contributed by atoms with Crippen LogP contribution in [-0.2, 0) is 4.79 Å². The van der Waals surface area contributed by atoms with Crippen molar-refractivity contribution >= 4 is 5.97 Å². The van der Waals surface area contributed by atoms with Crippen LogP contribution in [0.15, 0.2) is 35.6 Å². The summed E-state index contributed by atoms with van der Waals surface area (Å²) in [4.78, 5) is 10.5. The van der Waals surface area contributed by atoms with E-state index in [1.807, 2.05) is 0 Å². The fourth-order valence-electron chi connectivity index (χ4n) is 0.802. The summed E-state index contributed by atoms with van der Waals surface area (Å²) in [6.45, 7) is 0. The lowest BCUT2D eigenvalue weighted by molar-refractivity contribution is -0.132. The molecule has 0 saturated carbocycles. The summed E-state index contributed by atoms with van der Waals surface area (Å²) in [5.74, 6) is -2.22. The molecule has 1 aliphatic rings. The molecule has 1 aliphatic heterocycles. The molecule has 0 fully saturated rings. The normalized spacial score (nSPS) is 15.0. The van der Waals surface area contributed by atoms with E-state index < -0.39 is 11.9 Å². The maximum absolute atomic E-state index is 10.5. The van der Waals surface area contributed by atoms with Crippen molar-refractivity contribution in [3.05, 3.63) is 35.6 Å². The van der Waals surface area contributed by atoms with Gasteiger partial charge >= 0.3 is 5.97 Å². The van der Waals surface area contributed by atoms with Gasteiger partial charge in [-0.1, -0.05) is 0 Å². The van der Waals surface area contributed by atoms with Gasteiger partial charge in [0.05, 0.1) is 11.1 Å². The fraction of sp³-hybridized carbons (Fsp3) is 0. The maximum atomic E-state index is 10.5. The Labute approximate surface area is 67.9 Å². The molecule has 0 aliphatic carbocycles. The van der Waals surface area contributed by atoms with Crippen LogP contribution in [-0.4, -0.2) is 21.3 Å². The van der Waals surface area contributed by atoms with Gasteiger partial charge in [-0.2, -0.15) is 0 Å².